The van der Waals surface area contributed by atoms with E-state index >= 15 is 0 Å². The molecule has 0 saturated heterocycles. The van der Waals surface area contributed by atoms with Crippen LogP contribution in [0.4, 0.5) is 0 Å². The molecular formula is C6H8N2S. The van der Waals surface area contributed by atoms with E-state index in [-0.39, 0.29) is 0 Å². The Labute approximate surface area is 59.8 Å². The van der Waals surface area contributed by atoms with Gasteiger partial charge in [0, 0.05) is 12.4 Å². The van der Waals surface area contributed by atoms with Gasteiger partial charge in [0.15, 0.2) is 0 Å². The van der Waals surface area contributed by atoms with Crippen molar-refractivity contribution in [3.05, 3.63) is 18.1 Å². The summed E-state index contributed by atoms with van der Waals surface area (Å²) in [6.45, 7) is 2.03. The van der Waals surface area contributed by atoms with Gasteiger partial charge in [-0.15, -0.1) is 12.6 Å². The molecule has 48 valence electrons. The van der Waals surface area contributed by atoms with E-state index in [1.54, 1.807) is 12.4 Å². The molecule has 0 bridgehead atoms. The zero-order chi connectivity index (χ0) is 6.69. The summed E-state index contributed by atoms with van der Waals surface area (Å²) >= 11 is 4.10. The third kappa shape index (κ3) is 1.42. The van der Waals surface area contributed by atoms with Gasteiger partial charge in [0.2, 0.25) is 0 Å². The number of thiol groups is 1. The minimum Gasteiger partial charge on any atom is -0.257 e. The van der Waals surface area contributed by atoms with Crippen LogP contribution in [-0.2, 0) is 6.42 Å². The van der Waals surface area contributed by atoms with Crippen LogP contribution in [0.2, 0.25) is 0 Å². The fraction of sp³-hybridized carbons (Fsp3) is 0.333. The van der Waals surface area contributed by atoms with Crippen LogP contribution >= 0.6 is 12.6 Å². The number of hydrogen-bond acceptors (Lipinski definition) is 3. The first-order valence-electron chi connectivity index (χ1n) is 2.83. The number of hydrogen-bond donors (Lipinski definition) is 1. The molecule has 0 radical (unpaired) electrons. The first-order chi connectivity index (χ1) is 4.34. The van der Waals surface area contributed by atoms with Gasteiger partial charge in [0.25, 0.3) is 0 Å². The van der Waals surface area contributed by atoms with E-state index in [0.717, 1.165) is 17.1 Å². The molecule has 0 aliphatic rings. The van der Waals surface area contributed by atoms with Crippen molar-refractivity contribution in [2.45, 2.75) is 18.4 Å². The van der Waals surface area contributed by atoms with Gasteiger partial charge >= 0.3 is 0 Å². The van der Waals surface area contributed by atoms with E-state index < -0.39 is 0 Å². The van der Waals surface area contributed by atoms with Crippen LogP contribution in [0.15, 0.2) is 17.4 Å². The molecule has 0 atom stereocenters. The highest BCUT2D eigenvalue weighted by Gasteiger charge is 1.94. The van der Waals surface area contributed by atoms with Crippen molar-refractivity contribution >= 4 is 12.6 Å². The highest BCUT2D eigenvalue weighted by molar-refractivity contribution is 7.80. The summed E-state index contributed by atoms with van der Waals surface area (Å²) in [7, 11) is 0. The summed E-state index contributed by atoms with van der Waals surface area (Å²) in [4.78, 5) is 8.01. The van der Waals surface area contributed by atoms with E-state index in [0.29, 0.717) is 0 Å². The van der Waals surface area contributed by atoms with E-state index in [2.05, 4.69) is 22.6 Å². The number of aromatic nitrogens is 2. The molecule has 0 aliphatic heterocycles. The van der Waals surface area contributed by atoms with Gasteiger partial charge in [0.1, 0.15) is 5.03 Å². The van der Waals surface area contributed by atoms with Crippen molar-refractivity contribution in [1.82, 2.24) is 9.97 Å². The maximum atomic E-state index is 4.10. The lowest BCUT2D eigenvalue weighted by Crippen LogP contribution is -1.89. The van der Waals surface area contributed by atoms with Crippen molar-refractivity contribution in [1.29, 1.82) is 0 Å². The third-order valence-corrected chi connectivity index (χ3v) is 1.46. The monoisotopic (exact) mass is 140 g/mol. The second-order valence-electron chi connectivity index (χ2n) is 1.68. The smallest absolute Gasteiger partial charge is 0.114 e. The van der Waals surface area contributed by atoms with Gasteiger partial charge in [-0.1, -0.05) is 6.92 Å². The predicted octanol–water partition coefficient (Wildman–Crippen LogP) is 1.33. The van der Waals surface area contributed by atoms with Crippen LogP contribution in [0.1, 0.15) is 12.6 Å². The molecule has 0 fully saturated rings. The van der Waals surface area contributed by atoms with Crippen molar-refractivity contribution in [3.63, 3.8) is 0 Å². The summed E-state index contributed by atoms with van der Waals surface area (Å²) in [5, 5.41) is 0.736. The van der Waals surface area contributed by atoms with Gasteiger partial charge < -0.3 is 0 Å². The molecule has 0 aliphatic carbocycles. The fourth-order valence-electron chi connectivity index (χ4n) is 0.609. The molecular weight excluding hydrogens is 132 g/mol. The Bertz CT molecular complexity index is 200. The Morgan fingerprint density at radius 3 is 2.56 bits per heavy atom. The lowest BCUT2D eigenvalue weighted by atomic mass is 10.4. The molecule has 2 nitrogen and oxygen atoms in total. The maximum absolute atomic E-state index is 4.10. The normalized spacial score (nSPS) is 9.56. The SMILES string of the molecule is CCc1nccnc1S. The van der Waals surface area contributed by atoms with Crippen molar-refractivity contribution in [2.24, 2.45) is 0 Å². The average Bonchev–Trinajstić information content (AvgIpc) is 1.89. The van der Waals surface area contributed by atoms with E-state index in [9.17, 15) is 0 Å². The Hall–Kier alpha value is -0.570. The molecule has 3 heteroatoms. The molecule has 1 aromatic heterocycles. The summed E-state index contributed by atoms with van der Waals surface area (Å²) in [6, 6.07) is 0. The molecule has 0 N–H and O–H groups in total. The Morgan fingerprint density at radius 2 is 2.11 bits per heavy atom. The molecule has 1 aromatic rings. The first-order valence-corrected chi connectivity index (χ1v) is 3.28. The second kappa shape index (κ2) is 2.82. The fourth-order valence-corrected chi connectivity index (χ4v) is 0.891. The number of aryl methyl sites for hydroxylation is 1. The third-order valence-electron chi connectivity index (χ3n) is 1.09. The van der Waals surface area contributed by atoms with Crippen molar-refractivity contribution < 1.29 is 0 Å². The largest absolute Gasteiger partial charge is 0.257 e. The average molecular weight is 140 g/mol. The lowest BCUT2D eigenvalue weighted by Gasteiger charge is -1.95. The molecule has 1 heterocycles. The van der Waals surface area contributed by atoms with Crippen LogP contribution in [0.25, 0.3) is 0 Å². The van der Waals surface area contributed by atoms with Crippen LogP contribution < -0.4 is 0 Å². The predicted molar refractivity (Wildman–Crippen MR) is 38.7 cm³/mol. The lowest BCUT2D eigenvalue weighted by molar-refractivity contribution is 0.913. The summed E-state index contributed by atoms with van der Waals surface area (Å²) in [5.74, 6) is 0. The standard InChI is InChI=1S/C6H8N2S/c1-2-5-6(9)8-4-3-7-5/h3-4H,2H2,1H3,(H,8,9). The van der Waals surface area contributed by atoms with Crippen LogP contribution in [0.5, 0.6) is 0 Å². The second-order valence-corrected chi connectivity index (χ2v) is 2.10. The van der Waals surface area contributed by atoms with Crippen molar-refractivity contribution in [3.8, 4) is 0 Å². The van der Waals surface area contributed by atoms with E-state index in [1.165, 1.54) is 0 Å². The van der Waals surface area contributed by atoms with Gasteiger partial charge in [-0.3, -0.25) is 4.98 Å². The highest BCUT2D eigenvalue weighted by atomic mass is 32.1. The molecule has 0 saturated carbocycles. The zero-order valence-electron chi connectivity index (χ0n) is 5.20. The topological polar surface area (TPSA) is 25.8 Å². The van der Waals surface area contributed by atoms with Gasteiger partial charge in [0.05, 0.1) is 5.69 Å². The van der Waals surface area contributed by atoms with Crippen LogP contribution in [0.3, 0.4) is 0 Å². The quantitative estimate of drug-likeness (QED) is 0.595. The number of nitrogens with zero attached hydrogens (tertiary/aromatic N) is 2. The molecule has 0 spiro atoms. The molecule has 9 heavy (non-hydrogen) atoms. The Balaban J connectivity index is 3.01. The Morgan fingerprint density at radius 1 is 1.44 bits per heavy atom. The Kier molecular flexibility index (Phi) is 2.05. The van der Waals surface area contributed by atoms with Crippen molar-refractivity contribution in [2.75, 3.05) is 0 Å². The van der Waals surface area contributed by atoms with Crippen LogP contribution in [-0.4, -0.2) is 9.97 Å². The molecule has 1 rings (SSSR count). The summed E-state index contributed by atoms with van der Waals surface area (Å²) in [6.07, 6.45) is 4.22. The van der Waals surface area contributed by atoms with E-state index in [1.807, 2.05) is 6.92 Å². The van der Waals surface area contributed by atoms with Gasteiger partial charge in [-0.2, -0.15) is 0 Å². The molecule has 0 amide bonds. The molecule has 0 aromatic carbocycles. The minimum atomic E-state index is 0.736. The number of rotatable bonds is 1. The maximum Gasteiger partial charge on any atom is 0.114 e. The van der Waals surface area contributed by atoms with Crippen LogP contribution in [0, 0.1) is 0 Å². The zero-order valence-corrected chi connectivity index (χ0v) is 6.10. The summed E-state index contributed by atoms with van der Waals surface area (Å²) in [5.41, 5.74) is 0.959. The molecule has 0 unspecified atom stereocenters. The van der Waals surface area contributed by atoms with E-state index in [4.69, 9.17) is 0 Å². The summed E-state index contributed by atoms with van der Waals surface area (Å²) < 4.78 is 0. The minimum absolute atomic E-state index is 0.736. The van der Waals surface area contributed by atoms with Gasteiger partial charge in [-0.25, -0.2) is 4.98 Å². The van der Waals surface area contributed by atoms with Gasteiger partial charge in [-0.05, 0) is 6.42 Å². The first kappa shape index (κ1) is 6.55. The highest BCUT2D eigenvalue weighted by Crippen LogP contribution is 2.05.